The Hall–Kier alpha value is -0.570. The molecule has 0 aromatic carbocycles. The molecule has 0 amide bonds. The van der Waals surface area contributed by atoms with E-state index in [1.807, 2.05) is 0 Å². The van der Waals surface area contributed by atoms with Crippen molar-refractivity contribution in [1.29, 1.82) is 0 Å². The first-order valence-electron chi connectivity index (χ1n) is 7.60. The van der Waals surface area contributed by atoms with Crippen molar-refractivity contribution in [3.8, 4) is 0 Å². The molecule has 0 radical (unpaired) electrons. The summed E-state index contributed by atoms with van der Waals surface area (Å²) in [5.41, 5.74) is 0.187. The van der Waals surface area contributed by atoms with Gasteiger partial charge in [-0.05, 0) is 31.1 Å². The molecule has 1 saturated heterocycles. The number of carboxylic acids is 1. The van der Waals surface area contributed by atoms with E-state index in [2.05, 4.69) is 4.90 Å². The molecule has 0 atom stereocenters. The Morgan fingerprint density at radius 3 is 2.00 bits per heavy atom. The number of aliphatic carboxylic acids is 1. The standard InChI is InChI=1S/C15H25NO2/c17-13(18)15(8-3-1-2-4-9-15)12-16-10-14(11-16)6-5-7-14/h1-12H2,(H,17,18). The van der Waals surface area contributed by atoms with Crippen LogP contribution >= 0.6 is 0 Å². The Kier molecular flexibility index (Phi) is 3.13. The van der Waals surface area contributed by atoms with E-state index < -0.39 is 11.4 Å². The molecule has 2 saturated carbocycles. The topological polar surface area (TPSA) is 40.5 Å². The summed E-state index contributed by atoms with van der Waals surface area (Å²) in [6.45, 7) is 3.15. The molecule has 0 aromatic rings. The van der Waals surface area contributed by atoms with E-state index in [-0.39, 0.29) is 0 Å². The fourth-order valence-corrected chi connectivity index (χ4v) is 4.28. The lowest BCUT2D eigenvalue weighted by Gasteiger charge is -2.57. The van der Waals surface area contributed by atoms with Crippen LogP contribution in [0.3, 0.4) is 0 Å². The van der Waals surface area contributed by atoms with Gasteiger partial charge in [-0.3, -0.25) is 4.79 Å². The van der Waals surface area contributed by atoms with Crippen LogP contribution in [0.4, 0.5) is 0 Å². The van der Waals surface area contributed by atoms with Crippen LogP contribution in [0.1, 0.15) is 57.8 Å². The number of carbonyl (C=O) groups is 1. The summed E-state index contributed by atoms with van der Waals surface area (Å²) < 4.78 is 0. The zero-order valence-electron chi connectivity index (χ0n) is 11.3. The van der Waals surface area contributed by atoms with Crippen LogP contribution in [-0.2, 0) is 4.79 Å². The summed E-state index contributed by atoms with van der Waals surface area (Å²) in [6, 6.07) is 0. The van der Waals surface area contributed by atoms with Gasteiger partial charge in [0.2, 0.25) is 0 Å². The zero-order chi connectivity index (χ0) is 12.6. The van der Waals surface area contributed by atoms with Crippen LogP contribution in [0.5, 0.6) is 0 Å². The van der Waals surface area contributed by atoms with Crippen molar-refractivity contribution in [3.63, 3.8) is 0 Å². The molecule has 3 heteroatoms. The molecule has 102 valence electrons. The molecule has 1 N–H and O–H groups in total. The van der Waals surface area contributed by atoms with E-state index in [0.717, 1.165) is 32.2 Å². The molecule has 3 aliphatic rings. The van der Waals surface area contributed by atoms with Gasteiger partial charge in [0, 0.05) is 19.6 Å². The summed E-state index contributed by atoms with van der Waals surface area (Å²) in [5.74, 6) is -0.543. The summed E-state index contributed by atoms with van der Waals surface area (Å²) in [4.78, 5) is 14.1. The van der Waals surface area contributed by atoms with Crippen molar-refractivity contribution in [3.05, 3.63) is 0 Å². The maximum atomic E-state index is 11.7. The highest BCUT2D eigenvalue weighted by atomic mass is 16.4. The van der Waals surface area contributed by atoms with Crippen LogP contribution in [0, 0.1) is 10.8 Å². The third kappa shape index (κ3) is 2.07. The number of rotatable bonds is 3. The third-order valence-electron chi connectivity index (χ3n) is 5.57. The van der Waals surface area contributed by atoms with Gasteiger partial charge >= 0.3 is 5.97 Å². The fourth-order valence-electron chi connectivity index (χ4n) is 4.28. The van der Waals surface area contributed by atoms with E-state index >= 15 is 0 Å². The highest BCUT2D eigenvalue weighted by molar-refractivity contribution is 5.75. The molecule has 18 heavy (non-hydrogen) atoms. The normalized spacial score (nSPS) is 30.2. The summed E-state index contributed by atoms with van der Waals surface area (Å²) in [5, 5.41) is 9.66. The second-order valence-electron chi connectivity index (χ2n) is 7.00. The SMILES string of the molecule is O=C(O)C1(CN2CC3(CCC3)C2)CCCCCC1. The summed E-state index contributed by atoms with van der Waals surface area (Å²) in [6.07, 6.45) is 10.6. The van der Waals surface area contributed by atoms with Gasteiger partial charge in [0.15, 0.2) is 0 Å². The van der Waals surface area contributed by atoms with Crippen LogP contribution in [0.25, 0.3) is 0 Å². The number of carboxylic acid groups (broad SMARTS) is 1. The van der Waals surface area contributed by atoms with Gasteiger partial charge in [0.1, 0.15) is 0 Å². The summed E-state index contributed by atoms with van der Waals surface area (Å²) in [7, 11) is 0. The molecule has 2 aliphatic carbocycles. The van der Waals surface area contributed by atoms with Gasteiger partial charge in [-0.1, -0.05) is 32.1 Å². The van der Waals surface area contributed by atoms with Crippen molar-refractivity contribution in [2.45, 2.75) is 57.8 Å². The lowest BCUT2D eigenvalue weighted by molar-refractivity contribution is -0.156. The van der Waals surface area contributed by atoms with E-state index in [0.29, 0.717) is 5.41 Å². The predicted molar refractivity (Wildman–Crippen MR) is 70.5 cm³/mol. The van der Waals surface area contributed by atoms with Crippen molar-refractivity contribution < 1.29 is 9.90 Å². The van der Waals surface area contributed by atoms with E-state index in [9.17, 15) is 9.90 Å². The second kappa shape index (κ2) is 4.52. The molecule has 3 rings (SSSR count). The molecular weight excluding hydrogens is 226 g/mol. The molecule has 1 spiro atoms. The molecule has 3 nitrogen and oxygen atoms in total. The van der Waals surface area contributed by atoms with Crippen LogP contribution in [0.2, 0.25) is 0 Å². The van der Waals surface area contributed by atoms with Crippen LogP contribution in [0.15, 0.2) is 0 Å². The second-order valence-corrected chi connectivity index (χ2v) is 7.00. The number of likely N-dealkylation sites (tertiary alicyclic amines) is 1. The first kappa shape index (κ1) is 12.5. The molecule has 0 unspecified atom stereocenters. The minimum atomic E-state index is -0.543. The van der Waals surface area contributed by atoms with E-state index in [1.54, 1.807) is 0 Å². The Bertz CT molecular complexity index is 319. The molecule has 1 heterocycles. The third-order valence-corrected chi connectivity index (χ3v) is 5.57. The lowest BCUT2D eigenvalue weighted by Crippen LogP contribution is -2.62. The molecule has 3 fully saturated rings. The Morgan fingerprint density at radius 2 is 1.56 bits per heavy atom. The van der Waals surface area contributed by atoms with Crippen molar-refractivity contribution in [1.82, 2.24) is 4.90 Å². The molecule has 0 bridgehead atoms. The largest absolute Gasteiger partial charge is 0.481 e. The smallest absolute Gasteiger partial charge is 0.310 e. The maximum Gasteiger partial charge on any atom is 0.310 e. The highest BCUT2D eigenvalue weighted by Gasteiger charge is 2.50. The maximum absolute atomic E-state index is 11.7. The van der Waals surface area contributed by atoms with E-state index in [1.165, 1.54) is 45.2 Å². The molecular formula is C15H25NO2. The van der Waals surface area contributed by atoms with E-state index in [4.69, 9.17) is 0 Å². The minimum absolute atomic E-state index is 0.429. The average molecular weight is 251 g/mol. The Labute approximate surface area is 110 Å². The summed E-state index contributed by atoms with van der Waals surface area (Å²) >= 11 is 0. The predicted octanol–water partition coefficient (Wildman–Crippen LogP) is 2.90. The van der Waals surface area contributed by atoms with Crippen molar-refractivity contribution in [2.24, 2.45) is 10.8 Å². The van der Waals surface area contributed by atoms with Gasteiger partial charge in [-0.25, -0.2) is 0 Å². The monoisotopic (exact) mass is 251 g/mol. The Balaban J connectivity index is 1.61. The zero-order valence-corrected chi connectivity index (χ0v) is 11.3. The first-order chi connectivity index (χ1) is 8.64. The quantitative estimate of drug-likeness (QED) is 0.784. The number of nitrogens with zero attached hydrogens (tertiary/aromatic N) is 1. The minimum Gasteiger partial charge on any atom is -0.481 e. The average Bonchev–Trinajstić information content (AvgIpc) is 2.46. The number of hydrogen-bond acceptors (Lipinski definition) is 2. The molecule has 1 aliphatic heterocycles. The van der Waals surface area contributed by atoms with Gasteiger partial charge in [0.05, 0.1) is 5.41 Å². The van der Waals surface area contributed by atoms with Gasteiger partial charge in [-0.15, -0.1) is 0 Å². The van der Waals surface area contributed by atoms with Crippen molar-refractivity contribution in [2.75, 3.05) is 19.6 Å². The van der Waals surface area contributed by atoms with Crippen molar-refractivity contribution >= 4 is 5.97 Å². The van der Waals surface area contributed by atoms with Crippen LogP contribution in [-0.4, -0.2) is 35.6 Å². The highest BCUT2D eigenvalue weighted by Crippen LogP contribution is 2.49. The van der Waals surface area contributed by atoms with Crippen LogP contribution < -0.4 is 0 Å². The Morgan fingerprint density at radius 1 is 0.944 bits per heavy atom. The van der Waals surface area contributed by atoms with Gasteiger partial charge < -0.3 is 10.0 Å². The van der Waals surface area contributed by atoms with Gasteiger partial charge in [0.25, 0.3) is 0 Å². The fraction of sp³-hybridized carbons (Fsp3) is 0.933. The molecule has 0 aromatic heterocycles. The van der Waals surface area contributed by atoms with Gasteiger partial charge in [-0.2, -0.15) is 0 Å². The first-order valence-corrected chi connectivity index (χ1v) is 7.60. The number of hydrogen-bond donors (Lipinski definition) is 1. The lowest BCUT2D eigenvalue weighted by atomic mass is 9.63.